The molecule has 0 aliphatic heterocycles. The highest BCUT2D eigenvalue weighted by atomic mass is 31.1. The van der Waals surface area contributed by atoms with E-state index in [0.717, 1.165) is 54.9 Å². The largest absolute Gasteiger partial charge is 0.527 e. The molecule has 0 fully saturated rings. The molecule has 0 amide bonds. The monoisotopic (exact) mass is 458 g/mol. The third-order valence-electron chi connectivity index (χ3n) is 6.28. The number of fused-ring (bicyclic) bond motifs is 6. The summed E-state index contributed by atoms with van der Waals surface area (Å²) in [6.07, 6.45) is 7.14. The zero-order valence-electron chi connectivity index (χ0n) is 17.9. The lowest BCUT2D eigenvalue weighted by Crippen LogP contribution is -2.06. The van der Waals surface area contributed by atoms with E-state index < -0.39 is 7.95 Å². The van der Waals surface area contributed by atoms with Gasteiger partial charge in [-0.15, -0.1) is 4.34 Å². The van der Waals surface area contributed by atoms with E-state index >= 15 is 0 Å². The number of nitrogens with zero attached hydrogens (tertiary/aromatic N) is 4. The standard InChI is InChI=1S/C27H17N5OP/c33-34(24-10-3-4-13-29-24)32-23-9-2-1-6-18(23)20-12-15-30-26(27(20)32)21-8-5-7-19-17-11-14-28-16-22(17)31-25(19)21/h1-16,31H/q+1. The summed E-state index contributed by atoms with van der Waals surface area (Å²) in [5.41, 5.74) is 5.94. The molecule has 7 rings (SSSR count). The summed E-state index contributed by atoms with van der Waals surface area (Å²) in [5.74, 6) is 0. The van der Waals surface area contributed by atoms with Gasteiger partial charge in [-0.3, -0.25) is 9.97 Å². The van der Waals surface area contributed by atoms with Crippen LogP contribution in [0.15, 0.2) is 97.6 Å². The van der Waals surface area contributed by atoms with Crippen molar-refractivity contribution in [3.05, 3.63) is 97.6 Å². The van der Waals surface area contributed by atoms with Crippen LogP contribution in [-0.4, -0.2) is 24.3 Å². The van der Waals surface area contributed by atoms with Crippen molar-refractivity contribution in [1.82, 2.24) is 24.3 Å². The number of H-pyrrole nitrogens is 1. The molecule has 5 aromatic heterocycles. The Morgan fingerprint density at radius 3 is 2.50 bits per heavy atom. The average molecular weight is 458 g/mol. The number of aromatic nitrogens is 5. The van der Waals surface area contributed by atoms with Crippen molar-refractivity contribution < 1.29 is 4.57 Å². The van der Waals surface area contributed by atoms with Crippen molar-refractivity contribution in [2.45, 2.75) is 0 Å². The second kappa shape index (κ2) is 7.30. The van der Waals surface area contributed by atoms with E-state index in [1.807, 2.05) is 65.3 Å². The molecular formula is C27H17N5OP+. The molecule has 7 aromatic rings. The maximum absolute atomic E-state index is 13.9. The van der Waals surface area contributed by atoms with Crippen LogP contribution in [-0.2, 0) is 4.57 Å². The van der Waals surface area contributed by atoms with E-state index in [9.17, 15) is 4.57 Å². The molecule has 0 spiro atoms. The molecule has 0 saturated heterocycles. The summed E-state index contributed by atoms with van der Waals surface area (Å²) in [5, 5.41) is 4.26. The molecule has 160 valence electrons. The zero-order valence-corrected chi connectivity index (χ0v) is 18.8. The quantitative estimate of drug-likeness (QED) is 0.320. The topological polar surface area (TPSA) is 76.5 Å². The molecule has 0 aliphatic rings. The van der Waals surface area contributed by atoms with Crippen LogP contribution >= 0.6 is 7.95 Å². The molecule has 5 heterocycles. The SMILES string of the molecule is O=[P+](c1ccccn1)n1c2ccccc2c2ccnc(-c3cccc4c3[nH]c3cnccc34)c21. The molecule has 2 aromatic carbocycles. The van der Waals surface area contributed by atoms with Gasteiger partial charge in [-0.1, -0.05) is 42.5 Å². The molecule has 0 saturated carbocycles. The van der Waals surface area contributed by atoms with Gasteiger partial charge in [0.2, 0.25) is 0 Å². The molecule has 1 unspecified atom stereocenters. The number of para-hydroxylation sites is 2. The van der Waals surface area contributed by atoms with Crippen LogP contribution in [0.25, 0.3) is 54.9 Å². The van der Waals surface area contributed by atoms with Crippen LogP contribution in [0.5, 0.6) is 0 Å². The van der Waals surface area contributed by atoms with Crippen LogP contribution in [0, 0.1) is 0 Å². The predicted octanol–water partition coefficient (Wildman–Crippen LogP) is 6.20. The Labute approximate surface area is 194 Å². The van der Waals surface area contributed by atoms with Crippen LogP contribution < -0.4 is 5.44 Å². The van der Waals surface area contributed by atoms with Gasteiger partial charge in [-0.25, -0.2) is 4.98 Å². The highest BCUT2D eigenvalue weighted by Gasteiger charge is 2.32. The van der Waals surface area contributed by atoms with Crippen molar-refractivity contribution in [3.63, 3.8) is 0 Å². The molecule has 34 heavy (non-hydrogen) atoms. The number of pyridine rings is 3. The number of nitrogens with one attached hydrogen (secondary N) is 1. The molecule has 1 N–H and O–H groups in total. The van der Waals surface area contributed by atoms with Crippen molar-refractivity contribution >= 4 is 57.0 Å². The molecular weight excluding hydrogens is 441 g/mol. The Morgan fingerprint density at radius 1 is 0.735 bits per heavy atom. The lowest BCUT2D eigenvalue weighted by atomic mass is 10.0. The number of rotatable bonds is 3. The first-order valence-corrected chi connectivity index (χ1v) is 12.1. The van der Waals surface area contributed by atoms with Gasteiger partial charge >= 0.3 is 13.4 Å². The number of hydrogen-bond acceptors (Lipinski definition) is 4. The summed E-state index contributed by atoms with van der Waals surface area (Å²) in [7, 11) is -2.01. The predicted molar refractivity (Wildman–Crippen MR) is 137 cm³/mol. The minimum absolute atomic E-state index is 0.532. The van der Waals surface area contributed by atoms with Crippen molar-refractivity contribution in [2.75, 3.05) is 0 Å². The molecule has 0 aliphatic carbocycles. The van der Waals surface area contributed by atoms with Crippen molar-refractivity contribution in [1.29, 1.82) is 0 Å². The Morgan fingerprint density at radius 2 is 1.59 bits per heavy atom. The highest BCUT2D eigenvalue weighted by Crippen LogP contribution is 2.42. The van der Waals surface area contributed by atoms with Gasteiger partial charge in [0.25, 0.3) is 0 Å². The van der Waals surface area contributed by atoms with E-state index in [2.05, 4.69) is 33.2 Å². The summed E-state index contributed by atoms with van der Waals surface area (Å²) in [6, 6.07) is 23.7. The lowest BCUT2D eigenvalue weighted by Gasteiger charge is -2.05. The van der Waals surface area contributed by atoms with E-state index in [1.54, 1.807) is 18.5 Å². The highest BCUT2D eigenvalue weighted by molar-refractivity contribution is 7.52. The van der Waals surface area contributed by atoms with Gasteiger partial charge in [0.1, 0.15) is 11.2 Å². The molecule has 7 heteroatoms. The number of aromatic amines is 1. The molecule has 6 nitrogen and oxygen atoms in total. The Kier molecular flexibility index (Phi) is 4.10. The van der Waals surface area contributed by atoms with Crippen LogP contribution in [0.3, 0.4) is 0 Å². The smallest absolute Gasteiger partial charge is 0.353 e. The minimum atomic E-state index is -2.01. The lowest BCUT2D eigenvalue weighted by molar-refractivity contribution is 0.589. The van der Waals surface area contributed by atoms with Gasteiger partial charge < -0.3 is 4.98 Å². The molecule has 1 atom stereocenters. The van der Waals surface area contributed by atoms with Crippen LogP contribution in [0.2, 0.25) is 0 Å². The van der Waals surface area contributed by atoms with Gasteiger partial charge in [-0.05, 0) is 28.8 Å². The molecule has 0 bridgehead atoms. The fourth-order valence-electron chi connectivity index (χ4n) is 4.82. The Hall–Kier alpha value is -4.41. The van der Waals surface area contributed by atoms with E-state index in [4.69, 9.17) is 4.98 Å². The summed E-state index contributed by atoms with van der Waals surface area (Å²) in [6.45, 7) is 0. The number of hydrogen-bond donors (Lipinski definition) is 1. The van der Waals surface area contributed by atoms with Crippen molar-refractivity contribution in [2.24, 2.45) is 0 Å². The van der Waals surface area contributed by atoms with Gasteiger partial charge in [0.05, 0.1) is 22.7 Å². The zero-order chi connectivity index (χ0) is 22.6. The summed E-state index contributed by atoms with van der Waals surface area (Å²) >= 11 is 0. The second-order valence-corrected chi connectivity index (χ2v) is 9.52. The Balaban J connectivity index is 1.62. The number of benzene rings is 2. The summed E-state index contributed by atoms with van der Waals surface area (Å²) in [4.78, 5) is 17.0. The minimum Gasteiger partial charge on any atom is -0.353 e. The summed E-state index contributed by atoms with van der Waals surface area (Å²) < 4.78 is 15.8. The third kappa shape index (κ3) is 2.66. The van der Waals surface area contributed by atoms with Crippen LogP contribution in [0.1, 0.15) is 0 Å². The third-order valence-corrected chi connectivity index (χ3v) is 7.71. The van der Waals surface area contributed by atoms with Gasteiger partial charge in [0.15, 0.2) is 0 Å². The van der Waals surface area contributed by atoms with E-state index in [-0.39, 0.29) is 0 Å². The maximum Gasteiger partial charge on any atom is 0.527 e. The second-order valence-electron chi connectivity index (χ2n) is 8.12. The van der Waals surface area contributed by atoms with E-state index in [0.29, 0.717) is 5.44 Å². The first-order chi connectivity index (χ1) is 16.8. The normalized spacial score (nSPS) is 12.2. The first-order valence-electron chi connectivity index (χ1n) is 10.9. The van der Waals surface area contributed by atoms with Crippen molar-refractivity contribution in [3.8, 4) is 11.3 Å². The van der Waals surface area contributed by atoms with Crippen LogP contribution in [0.4, 0.5) is 0 Å². The van der Waals surface area contributed by atoms with E-state index in [1.165, 1.54) is 0 Å². The first kappa shape index (κ1) is 19.1. The Bertz CT molecular complexity index is 1890. The average Bonchev–Trinajstić information content (AvgIpc) is 3.45. The van der Waals surface area contributed by atoms with Gasteiger partial charge in [0, 0.05) is 51.8 Å². The fraction of sp³-hybridized carbons (Fsp3) is 0. The maximum atomic E-state index is 13.9. The van der Waals surface area contributed by atoms with Gasteiger partial charge in [-0.2, -0.15) is 0 Å². The molecule has 0 radical (unpaired) electrons. The fourth-order valence-corrected chi connectivity index (χ4v) is 6.16.